The summed E-state index contributed by atoms with van der Waals surface area (Å²) in [5, 5.41) is 16.4. The summed E-state index contributed by atoms with van der Waals surface area (Å²) < 4.78 is 23.2. The second kappa shape index (κ2) is 13.4. The van der Waals surface area contributed by atoms with Crippen LogP contribution in [0, 0.1) is 6.92 Å². The molecular weight excluding hydrogens is 508 g/mol. The molecule has 1 fully saturated rings. The second-order valence-corrected chi connectivity index (χ2v) is 10.8. The molecule has 1 N–H and O–H groups in total. The third-order valence-electron chi connectivity index (χ3n) is 7.91. The van der Waals surface area contributed by atoms with Crippen LogP contribution in [-0.4, -0.2) is 79.4 Å². The Morgan fingerprint density at radius 1 is 1.15 bits per heavy atom. The van der Waals surface area contributed by atoms with Gasteiger partial charge in [-0.2, -0.15) is 4.80 Å². The Balaban J connectivity index is 1.27. The number of anilines is 1. The molecule has 40 heavy (non-hydrogen) atoms. The van der Waals surface area contributed by atoms with Gasteiger partial charge in [0.25, 0.3) is 0 Å². The van der Waals surface area contributed by atoms with Gasteiger partial charge in [0.1, 0.15) is 18.1 Å². The third kappa shape index (κ3) is 6.92. The van der Waals surface area contributed by atoms with Gasteiger partial charge in [0.2, 0.25) is 0 Å². The molecule has 0 bridgehead atoms. The summed E-state index contributed by atoms with van der Waals surface area (Å²) >= 11 is 0. The summed E-state index contributed by atoms with van der Waals surface area (Å²) in [6, 6.07) is 15.3. The van der Waals surface area contributed by atoms with Crippen molar-refractivity contribution >= 4 is 5.69 Å². The number of methoxy groups -OCH3 is 2. The van der Waals surface area contributed by atoms with Gasteiger partial charge >= 0.3 is 0 Å². The molecule has 2 aromatic carbocycles. The lowest BCUT2D eigenvalue weighted by atomic mass is 9.82. The van der Waals surface area contributed by atoms with Gasteiger partial charge in [0.15, 0.2) is 5.82 Å². The highest BCUT2D eigenvalue weighted by molar-refractivity contribution is 5.61. The van der Waals surface area contributed by atoms with E-state index in [4.69, 9.17) is 18.9 Å². The van der Waals surface area contributed by atoms with Crippen molar-refractivity contribution in [3.8, 4) is 11.5 Å². The maximum absolute atomic E-state index is 6.65. The number of benzene rings is 2. The number of aromatic nitrogens is 4. The number of tetrazole rings is 1. The van der Waals surface area contributed by atoms with Crippen molar-refractivity contribution in [1.82, 2.24) is 25.5 Å². The zero-order valence-electron chi connectivity index (χ0n) is 24.1. The number of nitrogens with one attached hydrogen (secondary N) is 1. The lowest BCUT2D eigenvalue weighted by Gasteiger charge is -2.38. The third-order valence-corrected chi connectivity index (χ3v) is 7.91. The first-order valence-electron chi connectivity index (χ1n) is 14.3. The van der Waals surface area contributed by atoms with Crippen LogP contribution < -0.4 is 19.7 Å². The van der Waals surface area contributed by atoms with Crippen LogP contribution in [0.2, 0.25) is 0 Å². The summed E-state index contributed by atoms with van der Waals surface area (Å²) in [4.78, 5) is 4.11. The largest absolute Gasteiger partial charge is 0.497 e. The van der Waals surface area contributed by atoms with Crippen LogP contribution in [0.1, 0.15) is 55.1 Å². The summed E-state index contributed by atoms with van der Waals surface area (Å²) in [5.41, 5.74) is 3.56. The fourth-order valence-corrected chi connectivity index (χ4v) is 5.76. The molecule has 0 saturated carbocycles. The molecule has 0 unspecified atom stereocenters. The van der Waals surface area contributed by atoms with Crippen LogP contribution in [0.4, 0.5) is 5.69 Å². The molecule has 2 aliphatic heterocycles. The average molecular weight is 551 g/mol. The van der Waals surface area contributed by atoms with E-state index >= 15 is 0 Å². The van der Waals surface area contributed by atoms with Gasteiger partial charge in [-0.3, -0.25) is 0 Å². The van der Waals surface area contributed by atoms with Gasteiger partial charge in [-0.05, 0) is 73.7 Å². The SMILES string of the molecule is COCCCN1CCOc2ccc(CO[C@H]3CN[C@@H](C[C@@H](C)n4nnc(C)n4)C[C@@H]3c3ccc(OC)cc3)cc21. The number of hydrogen-bond donors (Lipinski definition) is 1. The number of aryl methyl sites for hydroxylation is 1. The monoisotopic (exact) mass is 550 g/mol. The fraction of sp³-hybridized carbons (Fsp3) is 0.567. The first-order chi connectivity index (χ1) is 19.5. The standard InChI is InChI=1S/C30H42N6O4/c1-21(36-33-22(2)32-34-36)16-25-18-27(24-7-9-26(38-4)10-8-24)30(19-31-25)40-20-23-6-11-29-28(17-23)35(13-15-39-29)12-5-14-37-3/h6-11,17,21,25,27,30-31H,5,12-16,18-20H2,1-4H3/t21-,25+,27-,30+/m1/s1. The van der Waals surface area contributed by atoms with Gasteiger partial charge in [-0.15, -0.1) is 10.2 Å². The van der Waals surface area contributed by atoms with Crippen LogP contribution in [0.25, 0.3) is 0 Å². The fourth-order valence-electron chi connectivity index (χ4n) is 5.76. The summed E-state index contributed by atoms with van der Waals surface area (Å²) in [5.74, 6) is 2.75. The van der Waals surface area contributed by atoms with Crippen LogP contribution in [-0.2, 0) is 16.1 Å². The predicted molar refractivity (Wildman–Crippen MR) is 153 cm³/mol. The van der Waals surface area contributed by atoms with Crippen molar-refractivity contribution in [3.63, 3.8) is 0 Å². The van der Waals surface area contributed by atoms with E-state index in [-0.39, 0.29) is 18.1 Å². The maximum Gasteiger partial charge on any atom is 0.171 e. The molecule has 216 valence electrons. The van der Waals surface area contributed by atoms with E-state index in [2.05, 4.69) is 62.9 Å². The number of rotatable bonds is 12. The minimum absolute atomic E-state index is 0.0387. The van der Waals surface area contributed by atoms with E-state index in [0.29, 0.717) is 25.1 Å². The van der Waals surface area contributed by atoms with Gasteiger partial charge < -0.3 is 29.2 Å². The zero-order chi connectivity index (χ0) is 27.9. The van der Waals surface area contributed by atoms with Crippen LogP contribution in [0.3, 0.4) is 0 Å². The minimum Gasteiger partial charge on any atom is -0.497 e. The first kappa shape index (κ1) is 28.3. The predicted octanol–water partition coefficient (Wildman–Crippen LogP) is 3.91. The Morgan fingerprint density at radius 2 is 2.00 bits per heavy atom. The molecule has 1 aromatic heterocycles. The molecular formula is C30H42N6O4. The normalized spacial score (nSPS) is 21.5. The number of nitrogens with zero attached hydrogens (tertiary/aromatic N) is 5. The smallest absolute Gasteiger partial charge is 0.171 e. The summed E-state index contributed by atoms with van der Waals surface area (Å²) in [6.07, 6.45) is 2.90. The van der Waals surface area contributed by atoms with Crippen molar-refractivity contribution in [1.29, 1.82) is 0 Å². The molecule has 1 saturated heterocycles. The molecule has 3 aromatic rings. The molecule has 5 rings (SSSR count). The molecule has 2 aliphatic rings. The van der Waals surface area contributed by atoms with E-state index in [1.807, 2.05) is 19.1 Å². The molecule has 10 nitrogen and oxygen atoms in total. The van der Waals surface area contributed by atoms with E-state index in [0.717, 1.165) is 68.3 Å². The Kier molecular flexibility index (Phi) is 9.51. The summed E-state index contributed by atoms with van der Waals surface area (Å²) in [6.45, 7) is 8.62. The lowest BCUT2D eigenvalue weighted by Crippen LogP contribution is -2.47. The van der Waals surface area contributed by atoms with Crippen molar-refractivity contribution in [2.24, 2.45) is 0 Å². The van der Waals surface area contributed by atoms with Crippen molar-refractivity contribution in [2.75, 3.05) is 52.0 Å². The maximum atomic E-state index is 6.65. The van der Waals surface area contributed by atoms with Gasteiger partial charge in [-0.1, -0.05) is 18.2 Å². The van der Waals surface area contributed by atoms with Gasteiger partial charge in [0, 0.05) is 38.8 Å². The van der Waals surface area contributed by atoms with E-state index < -0.39 is 0 Å². The van der Waals surface area contributed by atoms with Crippen molar-refractivity contribution in [2.45, 2.75) is 63.8 Å². The molecule has 0 amide bonds. The molecule has 0 aliphatic carbocycles. The topological polar surface area (TPSA) is 95.8 Å². The molecule has 3 heterocycles. The Morgan fingerprint density at radius 3 is 2.75 bits per heavy atom. The van der Waals surface area contributed by atoms with E-state index in [1.54, 1.807) is 19.0 Å². The molecule has 4 atom stereocenters. The Labute approximate surface area is 236 Å². The van der Waals surface area contributed by atoms with Crippen LogP contribution in [0.15, 0.2) is 42.5 Å². The highest BCUT2D eigenvalue weighted by Gasteiger charge is 2.33. The van der Waals surface area contributed by atoms with E-state index in [9.17, 15) is 0 Å². The van der Waals surface area contributed by atoms with Gasteiger partial charge in [0.05, 0.1) is 38.1 Å². The molecule has 0 spiro atoms. The number of fused-ring (bicyclic) bond motifs is 1. The minimum atomic E-state index is 0.0387. The molecule has 10 heteroatoms. The summed E-state index contributed by atoms with van der Waals surface area (Å²) in [7, 11) is 3.45. The number of piperidine rings is 1. The van der Waals surface area contributed by atoms with Crippen LogP contribution in [0.5, 0.6) is 11.5 Å². The average Bonchev–Trinajstić information content (AvgIpc) is 3.43. The van der Waals surface area contributed by atoms with Gasteiger partial charge in [-0.25, -0.2) is 0 Å². The lowest BCUT2D eigenvalue weighted by molar-refractivity contribution is 0.00111. The van der Waals surface area contributed by atoms with E-state index in [1.165, 1.54) is 5.56 Å². The highest BCUT2D eigenvalue weighted by atomic mass is 16.5. The first-order valence-corrected chi connectivity index (χ1v) is 14.3. The van der Waals surface area contributed by atoms with Crippen molar-refractivity contribution < 1.29 is 18.9 Å². The Bertz CT molecular complexity index is 1220. The van der Waals surface area contributed by atoms with Crippen LogP contribution >= 0.6 is 0 Å². The number of ether oxygens (including phenoxy) is 4. The van der Waals surface area contributed by atoms with Crippen molar-refractivity contribution in [3.05, 3.63) is 59.4 Å². The zero-order valence-corrected chi connectivity index (χ0v) is 24.1. The highest BCUT2D eigenvalue weighted by Crippen LogP contribution is 2.36. The second-order valence-electron chi connectivity index (χ2n) is 10.8. The molecule has 0 radical (unpaired) electrons. The Hall–Kier alpha value is -3.21. The quantitative estimate of drug-likeness (QED) is 0.337. The number of hydrogen-bond acceptors (Lipinski definition) is 9.